The van der Waals surface area contributed by atoms with Gasteiger partial charge in [0.05, 0.1) is 6.10 Å². The van der Waals surface area contributed by atoms with E-state index in [1.807, 2.05) is 34.6 Å². The van der Waals surface area contributed by atoms with Crippen molar-refractivity contribution < 1.29 is 48.6 Å². The average Bonchev–Trinajstić information content (AvgIpc) is 3.23. The molecule has 1 aliphatic carbocycles. The van der Waals surface area contributed by atoms with E-state index in [2.05, 4.69) is 6.58 Å². The zero-order chi connectivity index (χ0) is 30.0. The van der Waals surface area contributed by atoms with Crippen molar-refractivity contribution in [2.75, 3.05) is 0 Å². The molecule has 2 heterocycles. The second-order valence-electron chi connectivity index (χ2n) is 12.5. The molecule has 0 unspecified atom stereocenters. The van der Waals surface area contributed by atoms with Crippen LogP contribution in [0.15, 0.2) is 12.2 Å². The lowest BCUT2D eigenvalue weighted by Gasteiger charge is -2.55. The highest BCUT2D eigenvalue weighted by Crippen LogP contribution is 2.58. The van der Waals surface area contributed by atoms with E-state index in [4.69, 9.17) is 23.8 Å². The number of rotatable bonds is 9. The summed E-state index contributed by atoms with van der Waals surface area (Å²) in [6, 6.07) is 0. The van der Waals surface area contributed by atoms with Crippen molar-refractivity contribution in [3.63, 3.8) is 0 Å². The number of hydrogen-bond acceptors (Lipinski definition) is 10. The molecule has 1 saturated carbocycles. The predicted molar refractivity (Wildman–Crippen MR) is 145 cm³/mol. The van der Waals surface area contributed by atoms with Gasteiger partial charge in [0, 0.05) is 37.5 Å². The lowest BCUT2D eigenvalue weighted by atomic mass is 9.55. The van der Waals surface area contributed by atoms with Crippen molar-refractivity contribution in [2.45, 2.75) is 135 Å². The second-order valence-corrected chi connectivity index (χ2v) is 12.5. The normalized spacial score (nSPS) is 39.5. The fourth-order valence-corrected chi connectivity index (χ4v) is 7.33. The van der Waals surface area contributed by atoms with Crippen LogP contribution in [0.4, 0.5) is 0 Å². The summed E-state index contributed by atoms with van der Waals surface area (Å²) in [7, 11) is 0. The third-order valence-corrected chi connectivity index (χ3v) is 9.00. The van der Waals surface area contributed by atoms with E-state index in [-0.39, 0.29) is 31.1 Å². The highest BCUT2D eigenvalue weighted by atomic mass is 17.1. The van der Waals surface area contributed by atoms with E-state index < -0.39 is 71.4 Å². The molecule has 0 spiro atoms. The zero-order valence-corrected chi connectivity index (χ0v) is 25.0. The first-order valence-electron chi connectivity index (χ1n) is 14.7. The summed E-state index contributed by atoms with van der Waals surface area (Å²) in [5, 5.41) is 22.0. The molecule has 0 aromatic rings. The van der Waals surface area contributed by atoms with E-state index in [9.17, 15) is 24.7 Å². The first kappa shape index (κ1) is 32.5. The van der Waals surface area contributed by atoms with E-state index >= 15 is 0 Å². The van der Waals surface area contributed by atoms with Crippen molar-refractivity contribution >= 4 is 17.9 Å². The Morgan fingerprint density at radius 2 is 1.73 bits per heavy atom. The Labute approximate surface area is 237 Å². The number of ether oxygens (including phenoxy) is 4. The van der Waals surface area contributed by atoms with Gasteiger partial charge in [-0.25, -0.2) is 4.89 Å². The van der Waals surface area contributed by atoms with E-state index in [0.29, 0.717) is 31.3 Å². The van der Waals surface area contributed by atoms with Crippen LogP contribution < -0.4 is 0 Å². The Hall–Kier alpha value is -2.01. The fraction of sp³-hybridized carbons (Fsp3) is 0.833. The van der Waals surface area contributed by atoms with Gasteiger partial charge in [0.25, 0.3) is 0 Å². The minimum Gasteiger partial charge on any atom is -0.458 e. The van der Waals surface area contributed by atoms with Gasteiger partial charge in [-0.2, -0.15) is 0 Å². The second kappa shape index (κ2) is 12.9. The molecule has 2 saturated heterocycles. The molecule has 0 aromatic carbocycles. The van der Waals surface area contributed by atoms with Gasteiger partial charge >= 0.3 is 17.9 Å². The molecule has 2 N–H and O–H groups in total. The molecule has 228 valence electrons. The van der Waals surface area contributed by atoms with Crippen molar-refractivity contribution in [3.8, 4) is 0 Å². The van der Waals surface area contributed by atoms with Gasteiger partial charge in [-0.05, 0) is 57.4 Å². The lowest BCUT2D eigenvalue weighted by molar-refractivity contribution is -0.273. The molecular formula is C30H48O10. The third kappa shape index (κ3) is 6.40. The van der Waals surface area contributed by atoms with Crippen molar-refractivity contribution in [1.29, 1.82) is 0 Å². The van der Waals surface area contributed by atoms with Crippen LogP contribution in [0.3, 0.4) is 0 Å². The van der Waals surface area contributed by atoms with Crippen molar-refractivity contribution in [1.82, 2.24) is 0 Å². The molecule has 10 atom stereocenters. The Kier molecular flexibility index (Phi) is 10.5. The first-order chi connectivity index (χ1) is 18.7. The van der Waals surface area contributed by atoms with Crippen LogP contribution in [0, 0.1) is 23.7 Å². The van der Waals surface area contributed by atoms with Crippen LogP contribution in [0.25, 0.3) is 0 Å². The van der Waals surface area contributed by atoms with Gasteiger partial charge in [0.15, 0.2) is 6.10 Å². The Balaban J connectivity index is 2.21. The smallest absolute Gasteiger partial charge is 0.306 e. The molecule has 10 nitrogen and oxygen atoms in total. The predicted octanol–water partition coefficient (Wildman–Crippen LogP) is 4.37. The minimum atomic E-state index is -1.68. The molecule has 3 aliphatic rings. The lowest BCUT2D eigenvalue weighted by Crippen LogP contribution is -2.68. The topological polar surface area (TPSA) is 138 Å². The highest BCUT2D eigenvalue weighted by molar-refractivity contribution is 5.70. The molecule has 3 rings (SSSR count). The fourth-order valence-electron chi connectivity index (χ4n) is 7.33. The number of hydrogen-bond donors (Lipinski definition) is 2. The minimum absolute atomic E-state index is 0.0829. The molecule has 3 fully saturated rings. The molecule has 10 heteroatoms. The number of fused-ring (bicyclic) bond motifs is 5. The average molecular weight is 569 g/mol. The molecular weight excluding hydrogens is 520 g/mol. The van der Waals surface area contributed by atoms with Gasteiger partial charge in [-0.3, -0.25) is 19.6 Å². The summed E-state index contributed by atoms with van der Waals surface area (Å²) in [5.74, 6) is -2.93. The number of aliphatic hydroxyl groups is 1. The van der Waals surface area contributed by atoms with E-state index in [0.717, 1.165) is 0 Å². The first-order valence-corrected chi connectivity index (χ1v) is 14.7. The summed E-state index contributed by atoms with van der Waals surface area (Å²) in [4.78, 5) is 42.8. The Bertz CT molecular complexity index is 945. The summed E-state index contributed by atoms with van der Waals surface area (Å²) in [6.07, 6.45) is -1.68. The summed E-state index contributed by atoms with van der Waals surface area (Å²) < 4.78 is 24.7. The monoisotopic (exact) mass is 568 g/mol. The van der Waals surface area contributed by atoms with Crippen LogP contribution in [0.1, 0.15) is 93.4 Å². The number of carbonyl (C=O) groups excluding carboxylic acids is 3. The maximum atomic E-state index is 12.9. The third-order valence-electron chi connectivity index (χ3n) is 9.00. The Morgan fingerprint density at radius 1 is 1.10 bits per heavy atom. The van der Waals surface area contributed by atoms with Crippen LogP contribution in [0.5, 0.6) is 0 Å². The van der Waals surface area contributed by atoms with Crippen LogP contribution in [-0.4, -0.2) is 70.0 Å². The van der Waals surface area contributed by atoms with Crippen molar-refractivity contribution in [3.05, 3.63) is 12.2 Å². The van der Waals surface area contributed by atoms with Crippen LogP contribution in [-0.2, 0) is 38.2 Å². The number of esters is 3. The van der Waals surface area contributed by atoms with Gasteiger partial charge in [-0.1, -0.05) is 34.3 Å². The number of carbonyl (C=O) groups is 3. The molecule has 40 heavy (non-hydrogen) atoms. The van der Waals surface area contributed by atoms with Gasteiger partial charge in [0.1, 0.15) is 29.5 Å². The highest BCUT2D eigenvalue weighted by Gasteiger charge is 2.69. The van der Waals surface area contributed by atoms with Gasteiger partial charge in [0.2, 0.25) is 0 Å². The SMILES string of the molecule is C=C1C[C@H]2O[C@H]([C@@H]3[C@@H](C(C)C)[C@H](OC(C)=O)[C@@H](OC(=O)CCC)[C@@](C)(O)[C@@H]32)[C@](C)(OC(=O)CCC)CC[C@@H]1OO. The summed E-state index contributed by atoms with van der Waals surface area (Å²) in [6.45, 7) is 16.6. The van der Waals surface area contributed by atoms with Crippen LogP contribution in [0.2, 0.25) is 0 Å². The summed E-state index contributed by atoms with van der Waals surface area (Å²) >= 11 is 0. The molecule has 2 bridgehead atoms. The van der Waals surface area contributed by atoms with E-state index in [1.54, 1.807) is 6.92 Å². The summed E-state index contributed by atoms with van der Waals surface area (Å²) in [5.41, 5.74) is -2.25. The largest absolute Gasteiger partial charge is 0.458 e. The molecule has 0 amide bonds. The van der Waals surface area contributed by atoms with Gasteiger partial charge in [-0.15, -0.1) is 0 Å². The molecule has 2 aliphatic heterocycles. The Morgan fingerprint density at radius 3 is 2.27 bits per heavy atom. The van der Waals surface area contributed by atoms with E-state index in [1.165, 1.54) is 6.92 Å². The van der Waals surface area contributed by atoms with Gasteiger partial charge < -0.3 is 24.1 Å². The maximum absolute atomic E-state index is 12.9. The van der Waals surface area contributed by atoms with Crippen LogP contribution >= 0.6 is 0 Å². The molecule has 0 aromatic heterocycles. The standard InChI is InChI=1S/C30H48O10/c1-9-11-21(32)38-28-26(36-18(6)31)23(16(3)4)24-25(30(28,8)34)20-15-17(5)19(40-35)13-14-29(7,27(24)37-20)39-22(33)12-10-2/h16,19-20,23-28,34-35H,5,9-15H2,1-4,6-8H3/t19-,20+,23+,24+,25+,26-,27+,28+,29+,30-/m0/s1. The quantitative estimate of drug-likeness (QED) is 0.136. The zero-order valence-electron chi connectivity index (χ0n) is 25.0. The maximum Gasteiger partial charge on any atom is 0.306 e. The molecule has 0 radical (unpaired) electrons. The van der Waals surface area contributed by atoms with Crippen molar-refractivity contribution in [2.24, 2.45) is 23.7 Å².